The lowest BCUT2D eigenvalue weighted by molar-refractivity contribution is 0.0601. The van der Waals surface area contributed by atoms with E-state index in [0.29, 0.717) is 14.5 Å². The van der Waals surface area contributed by atoms with Crippen LogP contribution in [-0.2, 0) is 4.74 Å². The van der Waals surface area contributed by atoms with Crippen molar-refractivity contribution >= 4 is 39.5 Å². The highest BCUT2D eigenvalue weighted by Gasteiger charge is 2.10. The smallest absolute Gasteiger partial charge is 0.337 e. The number of carbonyl (C=O) groups is 1. The SMILES string of the molecule is COC(=O)c1ccc2[nH]c(C)c(I)c(=O)c2c1. The lowest BCUT2D eigenvalue weighted by Gasteiger charge is -2.04. The van der Waals surface area contributed by atoms with Crippen LogP contribution in [0.1, 0.15) is 16.1 Å². The summed E-state index contributed by atoms with van der Waals surface area (Å²) in [7, 11) is 1.32. The number of rotatable bonds is 1. The van der Waals surface area contributed by atoms with Gasteiger partial charge in [0.1, 0.15) is 0 Å². The van der Waals surface area contributed by atoms with Crippen LogP contribution < -0.4 is 5.43 Å². The molecule has 2 rings (SSSR count). The molecule has 0 aliphatic carbocycles. The van der Waals surface area contributed by atoms with Gasteiger partial charge in [-0.2, -0.15) is 0 Å². The van der Waals surface area contributed by atoms with Gasteiger partial charge in [0.25, 0.3) is 0 Å². The number of nitrogens with one attached hydrogen (secondary N) is 1. The summed E-state index contributed by atoms with van der Waals surface area (Å²) in [6, 6.07) is 4.91. The van der Waals surface area contributed by atoms with Crippen LogP contribution in [0.2, 0.25) is 0 Å². The van der Waals surface area contributed by atoms with Gasteiger partial charge < -0.3 is 9.72 Å². The fourth-order valence-corrected chi connectivity index (χ4v) is 2.06. The molecule has 0 bridgehead atoms. The van der Waals surface area contributed by atoms with Gasteiger partial charge in [0.15, 0.2) is 0 Å². The van der Waals surface area contributed by atoms with E-state index < -0.39 is 5.97 Å². The monoisotopic (exact) mass is 343 g/mol. The van der Waals surface area contributed by atoms with Gasteiger partial charge in [-0.1, -0.05) is 0 Å². The van der Waals surface area contributed by atoms with E-state index in [2.05, 4.69) is 9.72 Å². The van der Waals surface area contributed by atoms with Gasteiger partial charge in [-0.05, 0) is 47.7 Å². The first-order chi connectivity index (χ1) is 8.04. The number of benzene rings is 1. The largest absolute Gasteiger partial charge is 0.465 e. The number of aryl methyl sites for hydroxylation is 1. The third-order valence-electron chi connectivity index (χ3n) is 2.54. The van der Waals surface area contributed by atoms with Crippen molar-refractivity contribution in [3.63, 3.8) is 0 Å². The minimum Gasteiger partial charge on any atom is -0.465 e. The number of hydrogen-bond donors (Lipinski definition) is 1. The van der Waals surface area contributed by atoms with Crippen LogP contribution in [0.15, 0.2) is 23.0 Å². The molecule has 1 N–H and O–H groups in total. The highest BCUT2D eigenvalue weighted by Crippen LogP contribution is 2.15. The zero-order valence-corrected chi connectivity index (χ0v) is 11.5. The Labute approximate surface area is 111 Å². The average molecular weight is 343 g/mol. The maximum atomic E-state index is 12.0. The first-order valence-corrected chi connectivity index (χ1v) is 6.03. The Balaban J connectivity index is 2.78. The van der Waals surface area contributed by atoms with Crippen molar-refractivity contribution in [2.75, 3.05) is 7.11 Å². The summed E-state index contributed by atoms with van der Waals surface area (Å²) in [6.07, 6.45) is 0. The number of pyridine rings is 1. The summed E-state index contributed by atoms with van der Waals surface area (Å²) in [5.41, 5.74) is 1.86. The molecule has 2 aromatic rings. The first kappa shape index (κ1) is 12.1. The molecule has 0 spiro atoms. The summed E-state index contributed by atoms with van der Waals surface area (Å²) in [4.78, 5) is 26.5. The van der Waals surface area contributed by atoms with E-state index in [4.69, 9.17) is 0 Å². The molecule has 0 fully saturated rings. The van der Waals surface area contributed by atoms with Crippen LogP contribution in [-0.4, -0.2) is 18.1 Å². The highest BCUT2D eigenvalue weighted by atomic mass is 127. The van der Waals surface area contributed by atoms with Gasteiger partial charge >= 0.3 is 5.97 Å². The molecule has 0 amide bonds. The van der Waals surface area contributed by atoms with Crippen molar-refractivity contribution in [1.82, 2.24) is 4.98 Å². The Kier molecular flexibility index (Phi) is 3.19. The van der Waals surface area contributed by atoms with Crippen molar-refractivity contribution in [3.05, 3.63) is 43.2 Å². The van der Waals surface area contributed by atoms with E-state index in [1.807, 2.05) is 29.5 Å². The van der Waals surface area contributed by atoms with Crippen molar-refractivity contribution in [1.29, 1.82) is 0 Å². The average Bonchev–Trinajstić information content (AvgIpc) is 2.35. The molecule has 88 valence electrons. The summed E-state index contributed by atoms with van der Waals surface area (Å²) in [5, 5.41) is 0.503. The fraction of sp³-hybridized carbons (Fsp3) is 0.167. The molecule has 4 nitrogen and oxygen atoms in total. The van der Waals surface area contributed by atoms with E-state index in [1.54, 1.807) is 18.2 Å². The Morgan fingerprint density at radius 3 is 2.76 bits per heavy atom. The minimum atomic E-state index is -0.443. The van der Waals surface area contributed by atoms with Gasteiger partial charge in [0.05, 0.1) is 16.2 Å². The molecule has 0 atom stereocenters. The second-order valence-electron chi connectivity index (χ2n) is 3.65. The van der Waals surface area contributed by atoms with Crippen LogP contribution in [0, 0.1) is 10.5 Å². The molecule has 1 heterocycles. The molecule has 1 aromatic carbocycles. The van der Waals surface area contributed by atoms with Crippen molar-refractivity contribution in [2.45, 2.75) is 6.92 Å². The number of carbonyl (C=O) groups excluding carboxylic acids is 1. The zero-order valence-electron chi connectivity index (χ0n) is 9.33. The van der Waals surface area contributed by atoms with Crippen LogP contribution in [0.3, 0.4) is 0 Å². The summed E-state index contributed by atoms with van der Waals surface area (Å²) >= 11 is 2.00. The number of methoxy groups -OCH3 is 1. The summed E-state index contributed by atoms with van der Waals surface area (Å²) in [5.74, 6) is -0.443. The number of ether oxygens (including phenoxy) is 1. The molecule has 0 radical (unpaired) electrons. The van der Waals surface area contributed by atoms with Gasteiger partial charge in [0, 0.05) is 16.6 Å². The van der Waals surface area contributed by atoms with Crippen LogP contribution in [0.4, 0.5) is 0 Å². The molecule has 1 aromatic heterocycles. The maximum absolute atomic E-state index is 12.0. The Bertz CT molecular complexity index is 661. The van der Waals surface area contributed by atoms with Crippen LogP contribution in [0.5, 0.6) is 0 Å². The number of fused-ring (bicyclic) bond motifs is 1. The molecule has 0 saturated carbocycles. The van der Waals surface area contributed by atoms with Crippen molar-refractivity contribution in [2.24, 2.45) is 0 Å². The molecule has 0 aliphatic rings. The molecule has 0 unspecified atom stereocenters. The van der Waals surface area contributed by atoms with E-state index in [9.17, 15) is 9.59 Å². The normalized spacial score (nSPS) is 10.5. The lowest BCUT2D eigenvalue weighted by atomic mass is 10.1. The Morgan fingerprint density at radius 2 is 2.12 bits per heavy atom. The Hall–Kier alpha value is -1.37. The molecule has 0 aliphatic heterocycles. The first-order valence-electron chi connectivity index (χ1n) is 4.95. The quantitative estimate of drug-likeness (QED) is 0.638. The van der Waals surface area contributed by atoms with Crippen molar-refractivity contribution in [3.8, 4) is 0 Å². The molecule has 5 heteroatoms. The van der Waals surface area contributed by atoms with Gasteiger partial charge in [-0.15, -0.1) is 0 Å². The second-order valence-corrected chi connectivity index (χ2v) is 4.72. The zero-order chi connectivity index (χ0) is 12.6. The molecule has 17 heavy (non-hydrogen) atoms. The third-order valence-corrected chi connectivity index (χ3v) is 3.83. The maximum Gasteiger partial charge on any atom is 0.337 e. The van der Waals surface area contributed by atoms with Crippen LogP contribution in [0.25, 0.3) is 10.9 Å². The number of aromatic nitrogens is 1. The van der Waals surface area contributed by atoms with E-state index in [-0.39, 0.29) is 5.43 Å². The topological polar surface area (TPSA) is 59.2 Å². The summed E-state index contributed by atoms with van der Waals surface area (Å²) < 4.78 is 5.26. The standard InChI is InChI=1S/C12H10INO3/c1-6-10(13)11(15)8-5-7(12(16)17-2)3-4-9(8)14-6/h3-5H,1-2H3,(H,14,15). The summed E-state index contributed by atoms with van der Waals surface area (Å²) in [6.45, 7) is 1.84. The predicted octanol–water partition coefficient (Wildman–Crippen LogP) is 2.23. The molecular weight excluding hydrogens is 333 g/mol. The minimum absolute atomic E-state index is 0.0670. The Morgan fingerprint density at radius 1 is 1.41 bits per heavy atom. The number of esters is 1. The number of hydrogen-bond acceptors (Lipinski definition) is 3. The predicted molar refractivity (Wildman–Crippen MR) is 73.4 cm³/mol. The van der Waals surface area contributed by atoms with E-state index in [1.165, 1.54) is 7.11 Å². The number of halogens is 1. The fourth-order valence-electron chi connectivity index (χ4n) is 1.63. The van der Waals surface area contributed by atoms with Crippen LogP contribution >= 0.6 is 22.6 Å². The second kappa shape index (κ2) is 4.48. The number of aromatic amines is 1. The van der Waals surface area contributed by atoms with Gasteiger partial charge in [-0.3, -0.25) is 4.79 Å². The van der Waals surface area contributed by atoms with Crippen molar-refractivity contribution < 1.29 is 9.53 Å². The van der Waals surface area contributed by atoms with Gasteiger partial charge in [-0.25, -0.2) is 4.79 Å². The number of H-pyrrole nitrogens is 1. The lowest BCUT2D eigenvalue weighted by Crippen LogP contribution is -2.11. The van der Waals surface area contributed by atoms with E-state index in [0.717, 1.165) is 11.2 Å². The molecular formula is C12H10INO3. The van der Waals surface area contributed by atoms with E-state index >= 15 is 0 Å². The van der Waals surface area contributed by atoms with Gasteiger partial charge in [0.2, 0.25) is 5.43 Å². The highest BCUT2D eigenvalue weighted by molar-refractivity contribution is 14.1. The molecule has 0 saturated heterocycles. The third kappa shape index (κ3) is 2.06.